The van der Waals surface area contributed by atoms with Gasteiger partial charge in [-0.1, -0.05) is 12.1 Å². The summed E-state index contributed by atoms with van der Waals surface area (Å²) in [5, 5.41) is 2.95. The van der Waals surface area contributed by atoms with Crippen LogP contribution >= 0.6 is 11.3 Å². The number of hydrogen-bond donors (Lipinski definition) is 1. The second kappa shape index (κ2) is 8.77. The molecule has 0 saturated carbocycles. The lowest BCUT2D eigenvalue weighted by atomic mass is 10.1. The summed E-state index contributed by atoms with van der Waals surface area (Å²) in [4.78, 5) is 38.8. The molecular weight excluding hydrogens is 371 g/mol. The first-order chi connectivity index (χ1) is 12.7. The lowest BCUT2D eigenvalue weighted by Gasteiger charge is -2.09. The smallest absolute Gasteiger partial charge is 0.341 e. The minimum Gasteiger partial charge on any atom is -0.462 e. The van der Waals surface area contributed by atoms with E-state index in [2.05, 4.69) is 5.32 Å². The second-order valence-corrected chi connectivity index (χ2v) is 7.05. The molecular formula is C19H21FN2O4S. The number of hydrogen-bond acceptors (Lipinski definition) is 5. The first-order valence-electron chi connectivity index (χ1n) is 8.31. The number of carbonyl (C=O) groups excluding carboxylic acids is 3. The predicted molar refractivity (Wildman–Crippen MR) is 102 cm³/mol. The molecule has 0 aliphatic heterocycles. The van der Waals surface area contributed by atoms with E-state index in [1.807, 2.05) is 0 Å². The van der Waals surface area contributed by atoms with E-state index in [0.29, 0.717) is 16.0 Å². The highest BCUT2D eigenvalue weighted by Crippen LogP contribution is 2.34. The standard InChI is InChI=1S/C19H21FN2O4S/c1-5-26-19(25)15-11(2)16(18(24)22(3)4)27-17(15)21-14(23)10-12-6-8-13(20)9-7-12/h6-9H,5,10H2,1-4H3,(H,21,23). The molecule has 0 unspecified atom stereocenters. The van der Waals surface area contributed by atoms with Gasteiger partial charge in [-0.2, -0.15) is 0 Å². The Kier molecular flexibility index (Phi) is 6.68. The van der Waals surface area contributed by atoms with Crippen molar-refractivity contribution in [2.45, 2.75) is 20.3 Å². The van der Waals surface area contributed by atoms with Gasteiger partial charge in [0, 0.05) is 14.1 Å². The van der Waals surface area contributed by atoms with E-state index in [1.165, 1.54) is 29.2 Å². The maximum absolute atomic E-state index is 13.0. The maximum Gasteiger partial charge on any atom is 0.341 e. The van der Waals surface area contributed by atoms with Crippen molar-refractivity contribution < 1.29 is 23.5 Å². The average Bonchev–Trinajstić information content (AvgIpc) is 2.92. The summed E-state index contributed by atoms with van der Waals surface area (Å²) in [6.45, 7) is 3.50. The lowest BCUT2D eigenvalue weighted by molar-refractivity contribution is -0.115. The molecule has 6 nitrogen and oxygen atoms in total. The number of amides is 2. The number of ether oxygens (including phenoxy) is 1. The Morgan fingerprint density at radius 2 is 1.81 bits per heavy atom. The fourth-order valence-corrected chi connectivity index (χ4v) is 3.65. The Hall–Kier alpha value is -2.74. The van der Waals surface area contributed by atoms with Gasteiger partial charge in [-0.25, -0.2) is 9.18 Å². The largest absolute Gasteiger partial charge is 0.462 e. The van der Waals surface area contributed by atoms with Crippen LogP contribution in [0.15, 0.2) is 24.3 Å². The molecule has 0 atom stereocenters. The van der Waals surface area contributed by atoms with Crippen molar-refractivity contribution in [1.82, 2.24) is 4.90 Å². The third-order valence-corrected chi connectivity index (χ3v) is 4.95. The topological polar surface area (TPSA) is 75.7 Å². The minimum atomic E-state index is -0.596. The quantitative estimate of drug-likeness (QED) is 0.766. The summed E-state index contributed by atoms with van der Waals surface area (Å²) >= 11 is 1.03. The number of thiophene rings is 1. The van der Waals surface area contributed by atoms with Crippen LogP contribution in [0, 0.1) is 12.7 Å². The fraction of sp³-hybridized carbons (Fsp3) is 0.316. The Balaban J connectivity index is 2.31. The van der Waals surface area contributed by atoms with E-state index in [9.17, 15) is 18.8 Å². The van der Waals surface area contributed by atoms with E-state index < -0.39 is 5.97 Å². The molecule has 2 aromatic rings. The predicted octanol–water partition coefficient (Wildman–Crippen LogP) is 3.26. The highest BCUT2D eigenvalue weighted by atomic mass is 32.1. The molecule has 1 aromatic heterocycles. The van der Waals surface area contributed by atoms with Crippen LogP contribution in [0.5, 0.6) is 0 Å². The summed E-state index contributed by atoms with van der Waals surface area (Å²) in [5.41, 5.74) is 1.28. The highest BCUT2D eigenvalue weighted by Gasteiger charge is 2.27. The van der Waals surface area contributed by atoms with Crippen molar-refractivity contribution in [2.75, 3.05) is 26.0 Å². The van der Waals surface area contributed by atoms with E-state index in [4.69, 9.17) is 4.74 Å². The van der Waals surface area contributed by atoms with Crippen LogP contribution in [0.1, 0.15) is 38.1 Å². The zero-order valence-corrected chi connectivity index (χ0v) is 16.4. The number of carbonyl (C=O) groups is 3. The molecule has 0 fully saturated rings. The molecule has 1 aromatic carbocycles. The Labute approximate surface area is 160 Å². The summed E-state index contributed by atoms with van der Waals surface area (Å²) in [5.74, 6) is -1.62. The number of esters is 1. The first kappa shape index (κ1) is 20.6. The molecule has 144 valence electrons. The van der Waals surface area contributed by atoms with Crippen LogP contribution < -0.4 is 5.32 Å². The molecule has 0 radical (unpaired) electrons. The van der Waals surface area contributed by atoms with Gasteiger partial charge in [0.2, 0.25) is 5.91 Å². The van der Waals surface area contributed by atoms with Crippen molar-refractivity contribution in [3.8, 4) is 0 Å². The van der Waals surface area contributed by atoms with Gasteiger partial charge in [0.15, 0.2) is 0 Å². The summed E-state index contributed by atoms with van der Waals surface area (Å²) in [7, 11) is 3.22. The van der Waals surface area contributed by atoms with Gasteiger partial charge in [-0.05, 0) is 37.1 Å². The number of rotatable bonds is 6. The van der Waals surface area contributed by atoms with Crippen molar-refractivity contribution in [3.05, 3.63) is 51.7 Å². The minimum absolute atomic E-state index is 0.0104. The van der Waals surface area contributed by atoms with Crippen molar-refractivity contribution in [3.63, 3.8) is 0 Å². The molecule has 0 aliphatic carbocycles. The summed E-state index contributed by atoms with van der Waals surface area (Å²) < 4.78 is 18.1. The molecule has 0 saturated heterocycles. The van der Waals surface area contributed by atoms with Gasteiger partial charge >= 0.3 is 5.97 Å². The van der Waals surface area contributed by atoms with Gasteiger partial charge in [-0.15, -0.1) is 11.3 Å². The van der Waals surface area contributed by atoms with Gasteiger partial charge in [-0.3, -0.25) is 9.59 Å². The van der Waals surface area contributed by atoms with Gasteiger partial charge in [0.1, 0.15) is 10.8 Å². The van der Waals surface area contributed by atoms with Crippen molar-refractivity contribution in [1.29, 1.82) is 0 Å². The SMILES string of the molecule is CCOC(=O)c1c(NC(=O)Cc2ccc(F)cc2)sc(C(=O)N(C)C)c1C. The van der Waals surface area contributed by atoms with Gasteiger partial charge in [0.25, 0.3) is 5.91 Å². The molecule has 2 rings (SSSR count). The first-order valence-corrected chi connectivity index (χ1v) is 9.12. The van der Waals surface area contributed by atoms with Gasteiger partial charge < -0.3 is 15.0 Å². The molecule has 1 N–H and O–H groups in total. The highest BCUT2D eigenvalue weighted by molar-refractivity contribution is 7.18. The van der Waals surface area contributed by atoms with Crippen LogP contribution in [-0.4, -0.2) is 43.4 Å². The van der Waals surface area contributed by atoms with Crippen LogP contribution in [0.4, 0.5) is 9.39 Å². The molecule has 0 aliphatic rings. The lowest BCUT2D eigenvalue weighted by Crippen LogP contribution is -2.21. The van der Waals surface area contributed by atoms with Crippen LogP contribution in [0.2, 0.25) is 0 Å². The van der Waals surface area contributed by atoms with E-state index in [0.717, 1.165) is 11.3 Å². The number of benzene rings is 1. The van der Waals surface area contributed by atoms with Gasteiger partial charge in [0.05, 0.1) is 23.5 Å². The average molecular weight is 392 g/mol. The van der Waals surface area contributed by atoms with Crippen LogP contribution in [-0.2, 0) is 16.0 Å². The third kappa shape index (κ3) is 4.91. The molecule has 0 spiro atoms. The third-order valence-electron chi connectivity index (χ3n) is 3.76. The van der Waals surface area contributed by atoms with E-state index in [-0.39, 0.29) is 41.2 Å². The second-order valence-electron chi connectivity index (χ2n) is 6.03. The van der Waals surface area contributed by atoms with Crippen molar-refractivity contribution >= 4 is 34.1 Å². The monoisotopic (exact) mass is 392 g/mol. The molecule has 2 amide bonds. The molecule has 1 heterocycles. The number of nitrogens with zero attached hydrogens (tertiary/aromatic N) is 1. The van der Waals surface area contributed by atoms with Crippen molar-refractivity contribution in [2.24, 2.45) is 0 Å². The number of anilines is 1. The Morgan fingerprint density at radius 3 is 2.37 bits per heavy atom. The van der Waals surface area contributed by atoms with E-state index in [1.54, 1.807) is 27.9 Å². The van der Waals surface area contributed by atoms with E-state index >= 15 is 0 Å². The zero-order valence-electron chi connectivity index (χ0n) is 15.6. The Bertz CT molecular complexity index is 859. The zero-order chi connectivity index (χ0) is 20.1. The number of halogens is 1. The van der Waals surface area contributed by atoms with Crippen LogP contribution in [0.3, 0.4) is 0 Å². The molecule has 0 bridgehead atoms. The fourth-order valence-electron chi connectivity index (χ4n) is 2.42. The summed E-state index contributed by atoms with van der Waals surface area (Å²) in [6, 6.07) is 5.58. The Morgan fingerprint density at radius 1 is 1.19 bits per heavy atom. The van der Waals surface area contributed by atoms with Crippen LogP contribution in [0.25, 0.3) is 0 Å². The normalized spacial score (nSPS) is 10.4. The summed E-state index contributed by atoms with van der Waals surface area (Å²) in [6.07, 6.45) is 0.0104. The molecule has 27 heavy (non-hydrogen) atoms. The molecule has 8 heteroatoms. The maximum atomic E-state index is 13.0. The number of nitrogens with one attached hydrogen (secondary N) is 1.